The van der Waals surface area contributed by atoms with Crippen LogP contribution in [-0.2, 0) is 9.59 Å². The maximum Gasteiger partial charge on any atom is 0.308 e. The summed E-state index contributed by atoms with van der Waals surface area (Å²) >= 11 is 0. The molecule has 1 N–H and O–H groups in total. The number of hydrogen-bond donors (Lipinski definition) is 1. The minimum Gasteiger partial charge on any atom is -0.481 e. The van der Waals surface area contributed by atoms with Gasteiger partial charge in [0.05, 0.1) is 5.92 Å². The number of amides is 1. The third kappa shape index (κ3) is 5.35. The van der Waals surface area contributed by atoms with Crippen molar-refractivity contribution >= 4 is 11.9 Å². The smallest absolute Gasteiger partial charge is 0.308 e. The molecule has 1 rings (SSSR count). The minimum absolute atomic E-state index is 0.0370. The van der Waals surface area contributed by atoms with Gasteiger partial charge in [-0.1, -0.05) is 38.2 Å². The second-order valence-corrected chi connectivity index (χ2v) is 6.10. The Hall–Kier alpha value is -1.32. The van der Waals surface area contributed by atoms with Crippen molar-refractivity contribution < 1.29 is 14.7 Å². The molecule has 0 aromatic rings. The van der Waals surface area contributed by atoms with Crippen LogP contribution in [0.15, 0.2) is 11.6 Å². The fourth-order valence-corrected chi connectivity index (χ4v) is 2.69. The molecule has 1 atom stereocenters. The monoisotopic (exact) mass is 281 g/mol. The maximum atomic E-state index is 12.4. The summed E-state index contributed by atoms with van der Waals surface area (Å²) in [5, 5.41) is 9.10. The molecule has 0 aromatic carbocycles. The van der Waals surface area contributed by atoms with Crippen molar-refractivity contribution in [2.45, 2.75) is 65.3 Å². The Balaban J connectivity index is 2.84. The second-order valence-electron chi connectivity index (χ2n) is 6.10. The number of carboxylic acids is 1. The van der Waals surface area contributed by atoms with Crippen LogP contribution >= 0.6 is 0 Å². The van der Waals surface area contributed by atoms with E-state index < -0.39 is 11.9 Å². The predicted molar refractivity (Wildman–Crippen MR) is 79.4 cm³/mol. The van der Waals surface area contributed by atoms with Gasteiger partial charge in [-0.3, -0.25) is 9.59 Å². The quantitative estimate of drug-likeness (QED) is 0.622. The van der Waals surface area contributed by atoms with Gasteiger partial charge in [0.25, 0.3) is 0 Å². The summed E-state index contributed by atoms with van der Waals surface area (Å²) in [6.45, 7) is 5.76. The van der Waals surface area contributed by atoms with Gasteiger partial charge in [-0.2, -0.15) is 0 Å². The van der Waals surface area contributed by atoms with E-state index in [1.165, 1.54) is 12.8 Å². The van der Waals surface area contributed by atoms with Gasteiger partial charge in [-0.15, -0.1) is 0 Å². The number of nitrogens with zero attached hydrogens (tertiary/aromatic N) is 1. The van der Waals surface area contributed by atoms with E-state index in [9.17, 15) is 9.59 Å². The first-order valence-electron chi connectivity index (χ1n) is 7.60. The molecular formula is C16H27NO3. The first-order chi connectivity index (χ1) is 9.41. The summed E-state index contributed by atoms with van der Waals surface area (Å²) in [5.74, 6) is -1.40. The van der Waals surface area contributed by atoms with Crippen LogP contribution in [0.5, 0.6) is 0 Å². The normalized spacial score (nSPS) is 17.9. The third-order valence-electron chi connectivity index (χ3n) is 3.85. The molecule has 1 amide bonds. The van der Waals surface area contributed by atoms with Crippen molar-refractivity contribution in [1.29, 1.82) is 0 Å². The number of carbonyl (C=O) groups excluding carboxylic acids is 1. The second kappa shape index (κ2) is 8.08. The molecule has 0 aliphatic heterocycles. The van der Waals surface area contributed by atoms with Crippen LogP contribution < -0.4 is 0 Å². The van der Waals surface area contributed by atoms with Crippen molar-refractivity contribution in [3.8, 4) is 0 Å². The van der Waals surface area contributed by atoms with Crippen molar-refractivity contribution in [2.75, 3.05) is 6.54 Å². The van der Waals surface area contributed by atoms with Crippen LogP contribution in [-0.4, -0.2) is 34.5 Å². The average molecular weight is 281 g/mol. The molecule has 0 radical (unpaired) electrons. The highest BCUT2D eigenvalue weighted by Crippen LogP contribution is 2.23. The molecular weight excluding hydrogens is 254 g/mol. The van der Waals surface area contributed by atoms with Crippen LogP contribution in [0.25, 0.3) is 0 Å². The van der Waals surface area contributed by atoms with E-state index in [1.807, 2.05) is 13.8 Å². The molecule has 1 unspecified atom stereocenters. The van der Waals surface area contributed by atoms with E-state index in [2.05, 4.69) is 0 Å². The molecule has 20 heavy (non-hydrogen) atoms. The van der Waals surface area contributed by atoms with Crippen LogP contribution in [0.2, 0.25) is 0 Å². The van der Waals surface area contributed by atoms with E-state index >= 15 is 0 Å². The fourth-order valence-electron chi connectivity index (χ4n) is 2.69. The van der Waals surface area contributed by atoms with Crippen molar-refractivity contribution in [2.24, 2.45) is 5.92 Å². The summed E-state index contributed by atoms with van der Waals surface area (Å²) in [5.41, 5.74) is 0.955. The lowest BCUT2D eigenvalue weighted by Gasteiger charge is -2.32. The molecule has 114 valence electrons. The van der Waals surface area contributed by atoms with Gasteiger partial charge < -0.3 is 10.0 Å². The van der Waals surface area contributed by atoms with Crippen molar-refractivity contribution in [3.05, 3.63) is 11.6 Å². The van der Waals surface area contributed by atoms with Gasteiger partial charge in [-0.25, -0.2) is 0 Å². The Morgan fingerprint density at radius 1 is 1.20 bits per heavy atom. The minimum atomic E-state index is -0.839. The molecule has 0 aromatic heterocycles. The standard InChI is InChI=1S/C16H27NO3/c1-12(2)10-15(18)17(11-13(3)16(19)20)14-8-6-4-5-7-9-14/h10,13-14H,4-9,11H2,1-3H3,(H,19,20). The van der Waals surface area contributed by atoms with Gasteiger partial charge in [0.1, 0.15) is 0 Å². The largest absolute Gasteiger partial charge is 0.481 e. The number of allylic oxidation sites excluding steroid dienone is 1. The van der Waals surface area contributed by atoms with Crippen LogP contribution in [0, 0.1) is 5.92 Å². The molecule has 1 aliphatic rings. The molecule has 4 heteroatoms. The average Bonchev–Trinajstić information content (AvgIpc) is 2.63. The number of rotatable bonds is 5. The number of carboxylic acid groups (broad SMARTS) is 1. The predicted octanol–water partition coefficient (Wildman–Crippen LogP) is 3.22. The number of aliphatic carboxylic acids is 1. The summed E-state index contributed by atoms with van der Waals surface area (Å²) in [7, 11) is 0. The Labute approximate surface area is 121 Å². The number of carbonyl (C=O) groups is 2. The summed E-state index contributed by atoms with van der Waals surface area (Å²) < 4.78 is 0. The van der Waals surface area contributed by atoms with Crippen molar-refractivity contribution in [3.63, 3.8) is 0 Å². The number of hydrogen-bond acceptors (Lipinski definition) is 2. The van der Waals surface area contributed by atoms with E-state index in [4.69, 9.17) is 5.11 Å². The molecule has 0 heterocycles. The lowest BCUT2D eigenvalue weighted by molar-refractivity contribution is -0.143. The molecule has 1 fully saturated rings. The lowest BCUT2D eigenvalue weighted by Crippen LogP contribution is -2.43. The Morgan fingerprint density at radius 3 is 2.20 bits per heavy atom. The Morgan fingerprint density at radius 2 is 1.75 bits per heavy atom. The van der Waals surface area contributed by atoms with Crippen molar-refractivity contribution in [1.82, 2.24) is 4.90 Å². The van der Waals surface area contributed by atoms with E-state index in [0.29, 0.717) is 6.54 Å². The summed E-state index contributed by atoms with van der Waals surface area (Å²) in [6, 6.07) is 0.197. The zero-order valence-corrected chi connectivity index (χ0v) is 12.9. The topological polar surface area (TPSA) is 57.6 Å². The van der Waals surface area contributed by atoms with Gasteiger partial charge in [-0.05, 0) is 26.7 Å². The van der Waals surface area contributed by atoms with Crippen LogP contribution in [0.1, 0.15) is 59.3 Å². The third-order valence-corrected chi connectivity index (χ3v) is 3.85. The summed E-state index contributed by atoms with van der Waals surface area (Å²) in [4.78, 5) is 25.2. The molecule has 1 saturated carbocycles. The SMILES string of the molecule is CC(C)=CC(=O)N(CC(C)C(=O)O)C1CCCCCC1. The zero-order chi connectivity index (χ0) is 15.1. The lowest BCUT2D eigenvalue weighted by atomic mass is 10.0. The van der Waals surface area contributed by atoms with Crippen LogP contribution in [0.4, 0.5) is 0 Å². The molecule has 0 bridgehead atoms. The Kier molecular flexibility index (Phi) is 6.76. The highest BCUT2D eigenvalue weighted by atomic mass is 16.4. The first-order valence-corrected chi connectivity index (χ1v) is 7.60. The zero-order valence-electron chi connectivity index (χ0n) is 12.9. The Bertz CT molecular complexity index is 364. The van der Waals surface area contributed by atoms with Gasteiger partial charge in [0.15, 0.2) is 0 Å². The van der Waals surface area contributed by atoms with E-state index in [1.54, 1.807) is 17.9 Å². The highest BCUT2D eigenvalue weighted by molar-refractivity contribution is 5.88. The van der Waals surface area contributed by atoms with Crippen LogP contribution in [0.3, 0.4) is 0 Å². The molecule has 1 aliphatic carbocycles. The first kappa shape index (κ1) is 16.7. The highest BCUT2D eigenvalue weighted by Gasteiger charge is 2.26. The maximum absolute atomic E-state index is 12.4. The van der Waals surface area contributed by atoms with E-state index in [-0.39, 0.29) is 11.9 Å². The summed E-state index contributed by atoms with van der Waals surface area (Å²) in [6.07, 6.45) is 8.31. The van der Waals surface area contributed by atoms with E-state index in [0.717, 1.165) is 31.3 Å². The van der Waals surface area contributed by atoms with Gasteiger partial charge in [0.2, 0.25) is 5.91 Å². The molecule has 4 nitrogen and oxygen atoms in total. The molecule has 0 saturated heterocycles. The molecule has 0 spiro atoms. The fraction of sp³-hybridized carbons (Fsp3) is 0.750. The van der Waals surface area contributed by atoms with Gasteiger partial charge >= 0.3 is 5.97 Å². The van der Waals surface area contributed by atoms with Gasteiger partial charge in [0, 0.05) is 18.7 Å².